The van der Waals surface area contributed by atoms with Gasteiger partial charge in [-0.15, -0.1) is 0 Å². The van der Waals surface area contributed by atoms with E-state index in [9.17, 15) is 9.18 Å². The van der Waals surface area contributed by atoms with Crippen molar-refractivity contribution in [3.05, 3.63) is 35.6 Å². The largest absolute Gasteiger partial charge is 0.383 e. The first-order valence-electron chi connectivity index (χ1n) is 6.44. The monoisotopic (exact) mass is 266 g/mol. The van der Waals surface area contributed by atoms with Crippen molar-refractivity contribution in [3.63, 3.8) is 0 Å². The zero-order chi connectivity index (χ0) is 13.7. The number of carbonyl (C=O) groups excluding carboxylic acids is 1. The highest BCUT2D eigenvalue weighted by Gasteiger charge is 2.33. The zero-order valence-electron chi connectivity index (χ0n) is 11.0. The van der Waals surface area contributed by atoms with Crippen molar-refractivity contribution in [3.8, 4) is 0 Å². The maximum atomic E-state index is 13.5. The van der Waals surface area contributed by atoms with Crippen molar-refractivity contribution in [1.82, 2.24) is 10.6 Å². The molecule has 0 aliphatic carbocycles. The quantitative estimate of drug-likeness (QED) is 0.845. The van der Waals surface area contributed by atoms with Gasteiger partial charge in [0.05, 0.1) is 17.7 Å². The van der Waals surface area contributed by atoms with Gasteiger partial charge in [0.25, 0.3) is 5.91 Å². The number of rotatable bonds is 5. The second-order valence-corrected chi connectivity index (χ2v) is 4.91. The van der Waals surface area contributed by atoms with E-state index in [0.29, 0.717) is 13.2 Å². The topological polar surface area (TPSA) is 50.4 Å². The number of benzene rings is 1. The van der Waals surface area contributed by atoms with Crippen molar-refractivity contribution < 1.29 is 13.9 Å². The predicted molar refractivity (Wildman–Crippen MR) is 70.6 cm³/mol. The van der Waals surface area contributed by atoms with E-state index >= 15 is 0 Å². The lowest BCUT2D eigenvalue weighted by Crippen LogP contribution is -2.53. The molecule has 1 aromatic rings. The summed E-state index contributed by atoms with van der Waals surface area (Å²) in [5.74, 6) is -0.887. The van der Waals surface area contributed by atoms with Gasteiger partial charge in [0.1, 0.15) is 5.82 Å². The van der Waals surface area contributed by atoms with Gasteiger partial charge in [-0.1, -0.05) is 12.1 Å². The Labute approximate surface area is 112 Å². The minimum absolute atomic E-state index is 0.0769. The molecule has 0 saturated carbocycles. The first-order chi connectivity index (χ1) is 9.17. The van der Waals surface area contributed by atoms with Crippen molar-refractivity contribution in [2.24, 2.45) is 0 Å². The molecule has 4 nitrogen and oxygen atoms in total. The average molecular weight is 266 g/mol. The Hall–Kier alpha value is -1.46. The molecule has 0 spiro atoms. The van der Waals surface area contributed by atoms with Crippen LogP contribution >= 0.6 is 0 Å². The van der Waals surface area contributed by atoms with Crippen molar-refractivity contribution >= 4 is 5.91 Å². The molecule has 1 amide bonds. The molecule has 1 unspecified atom stereocenters. The summed E-state index contributed by atoms with van der Waals surface area (Å²) < 4.78 is 18.7. The highest BCUT2D eigenvalue weighted by atomic mass is 19.1. The van der Waals surface area contributed by atoms with Crippen LogP contribution in [0.4, 0.5) is 4.39 Å². The number of hydrogen-bond acceptors (Lipinski definition) is 3. The molecule has 1 fully saturated rings. The van der Waals surface area contributed by atoms with E-state index < -0.39 is 5.82 Å². The number of amides is 1. The Bertz CT molecular complexity index is 445. The molecule has 1 aliphatic rings. The minimum Gasteiger partial charge on any atom is -0.383 e. The summed E-state index contributed by atoms with van der Waals surface area (Å²) in [7, 11) is 1.64. The normalized spacial score (nSPS) is 22.4. The summed E-state index contributed by atoms with van der Waals surface area (Å²) in [6, 6.07) is 5.98. The lowest BCUT2D eigenvalue weighted by atomic mass is 9.98. The van der Waals surface area contributed by atoms with Crippen LogP contribution in [0.1, 0.15) is 23.2 Å². The van der Waals surface area contributed by atoms with Gasteiger partial charge < -0.3 is 15.4 Å². The molecule has 2 rings (SSSR count). The van der Waals surface area contributed by atoms with Crippen LogP contribution in [0.2, 0.25) is 0 Å². The van der Waals surface area contributed by atoms with Gasteiger partial charge in [-0.05, 0) is 31.5 Å². The van der Waals surface area contributed by atoms with E-state index in [2.05, 4.69) is 10.6 Å². The molecule has 5 heteroatoms. The van der Waals surface area contributed by atoms with Crippen LogP contribution in [-0.2, 0) is 4.74 Å². The molecule has 1 aromatic carbocycles. The van der Waals surface area contributed by atoms with Gasteiger partial charge in [0.15, 0.2) is 0 Å². The van der Waals surface area contributed by atoms with Crippen LogP contribution in [0.25, 0.3) is 0 Å². The van der Waals surface area contributed by atoms with Gasteiger partial charge >= 0.3 is 0 Å². The van der Waals surface area contributed by atoms with Gasteiger partial charge in [0.2, 0.25) is 0 Å². The molecule has 0 radical (unpaired) electrons. The minimum atomic E-state index is -0.500. The molecule has 0 aromatic heterocycles. The van der Waals surface area contributed by atoms with Crippen molar-refractivity contribution in [2.75, 3.05) is 26.8 Å². The first kappa shape index (κ1) is 14.0. The number of hydrogen-bond donors (Lipinski definition) is 2. The Balaban J connectivity index is 1.98. The number of nitrogens with one attached hydrogen (secondary N) is 2. The Morgan fingerprint density at radius 1 is 1.53 bits per heavy atom. The molecular formula is C14H19FN2O2. The third kappa shape index (κ3) is 3.30. The summed E-state index contributed by atoms with van der Waals surface area (Å²) in [6.07, 6.45) is 2.00. The molecule has 104 valence electrons. The molecule has 19 heavy (non-hydrogen) atoms. The SMILES string of the molecule is COCC1(CNC(=O)c2ccccc2F)CCCN1. The fourth-order valence-corrected chi connectivity index (χ4v) is 2.46. The number of methoxy groups -OCH3 is 1. The van der Waals surface area contributed by atoms with E-state index in [-0.39, 0.29) is 17.0 Å². The predicted octanol–water partition coefficient (Wildman–Crippen LogP) is 1.32. The Morgan fingerprint density at radius 3 is 2.95 bits per heavy atom. The highest BCUT2D eigenvalue weighted by molar-refractivity contribution is 5.94. The lowest BCUT2D eigenvalue weighted by Gasteiger charge is -2.29. The van der Waals surface area contributed by atoms with Crippen LogP contribution in [0.3, 0.4) is 0 Å². The number of ether oxygens (including phenoxy) is 1. The molecule has 1 heterocycles. The van der Waals surface area contributed by atoms with Gasteiger partial charge in [-0.25, -0.2) is 4.39 Å². The van der Waals surface area contributed by atoms with Crippen LogP contribution in [0.5, 0.6) is 0 Å². The van der Waals surface area contributed by atoms with Crippen LogP contribution in [-0.4, -0.2) is 38.3 Å². The average Bonchev–Trinajstić information content (AvgIpc) is 2.86. The van der Waals surface area contributed by atoms with Crippen molar-refractivity contribution in [2.45, 2.75) is 18.4 Å². The second-order valence-electron chi connectivity index (χ2n) is 4.91. The first-order valence-corrected chi connectivity index (χ1v) is 6.44. The number of carbonyl (C=O) groups is 1. The maximum absolute atomic E-state index is 13.5. The van der Waals surface area contributed by atoms with E-state index in [1.165, 1.54) is 12.1 Å². The summed E-state index contributed by atoms with van der Waals surface area (Å²) in [4.78, 5) is 11.9. The summed E-state index contributed by atoms with van der Waals surface area (Å²) in [6.45, 7) is 1.89. The Kier molecular flexibility index (Phi) is 4.50. The molecule has 1 aliphatic heterocycles. The molecule has 1 atom stereocenters. The third-order valence-corrected chi connectivity index (χ3v) is 3.46. The molecule has 1 saturated heterocycles. The molecular weight excluding hydrogens is 247 g/mol. The Morgan fingerprint density at radius 2 is 2.32 bits per heavy atom. The van der Waals surface area contributed by atoms with Gasteiger partial charge in [0, 0.05) is 13.7 Å². The summed E-state index contributed by atoms with van der Waals surface area (Å²) >= 11 is 0. The highest BCUT2D eigenvalue weighted by Crippen LogP contribution is 2.19. The summed E-state index contributed by atoms with van der Waals surface area (Å²) in [5, 5.41) is 6.14. The van der Waals surface area contributed by atoms with Crippen LogP contribution in [0, 0.1) is 5.82 Å². The van der Waals surface area contributed by atoms with Gasteiger partial charge in [-0.3, -0.25) is 4.79 Å². The zero-order valence-corrected chi connectivity index (χ0v) is 11.0. The third-order valence-electron chi connectivity index (χ3n) is 3.46. The standard InChI is InChI=1S/C14H19FN2O2/c1-19-10-14(7-4-8-17-14)9-16-13(18)11-5-2-3-6-12(11)15/h2-3,5-6,17H,4,7-10H2,1H3,(H,16,18). The van der Waals surface area contributed by atoms with E-state index in [1.807, 2.05) is 0 Å². The maximum Gasteiger partial charge on any atom is 0.254 e. The lowest BCUT2D eigenvalue weighted by molar-refractivity contribution is 0.0888. The van der Waals surface area contributed by atoms with Crippen LogP contribution < -0.4 is 10.6 Å². The number of halogens is 1. The molecule has 0 bridgehead atoms. The fraction of sp³-hybridized carbons (Fsp3) is 0.500. The summed E-state index contributed by atoms with van der Waals surface area (Å²) in [5.41, 5.74) is -0.150. The van der Waals surface area contributed by atoms with E-state index in [1.54, 1.807) is 19.2 Å². The van der Waals surface area contributed by atoms with E-state index in [4.69, 9.17) is 4.74 Å². The fourth-order valence-electron chi connectivity index (χ4n) is 2.46. The van der Waals surface area contributed by atoms with E-state index in [0.717, 1.165) is 19.4 Å². The van der Waals surface area contributed by atoms with Gasteiger partial charge in [-0.2, -0.15) is 0 Å². The van der Waals surface area contributed by atoms with Crippen LogP contribution in [0.15, 0.2) is 24.3 Å². The van der Waals surface area contributed by atoms with Crippen molar-refractivity contribution in [1.29, 1.82) is 0 Å². The second kappa shape index (κ2) is 6.12. The molecule has 2 N–H and O–H groups in total. The smallest absolute Gasteiger partial charge is 0.254 e.